The van der Waals surface area contributed by atoms with Crippen molar-refractivity contribution in [2.75, 3.05) is 23.0 Å². The number of hydrogen-bond acceptors (Lipinski definition) is 3. The number of alkyl halides is 3. The molecule has 0 bridgehead atoms. The van der Waals surface area contributed by atoms with Gasteiger partial charge in [-0.1, -0.05) is 12.2 Å². The predicted molar refractivity (Wildman–Crippen MR) is 81.5 cm³/mol. The molecule has 1 aliphatic heterocycles. The Kier molecular flexibility index (Phi) is 4.49. The lowest BCUT2D eigenvalue weighted by atomic mass is 10.0. The molecule has 1 aliphatic rings. The molecule has 1 atom stereocenters. The lowest BCUT2D eigenvalue weighted by molar-refractivity contribution is -0.137. The van der Waals surface area contributed by atoms with E-state index in [2.05, 4.69) is 11.8 Å². The number of anilines is 1. The molecule has 0 aromatic heterocycles. The van der Waals surface area contributed by atoms with Crippen molar-refractivity contribution in [2.24, 2.45) is 5.73 Å². The lowest BCUT2D eigenvalue weighted by Gasteiger charge is -2.35. The highest BCUT2D eigenvalue weighted by atomic mass is 32.2. The zero-order valence-electron chi connectivity index (χ0n) is 10.9. The molecule has 1 aromatic rings. The molecule has 2 nitrogen and oxygen atoms in total. The molecule has 0 radical (unpaired) electrons. The van der Waals surface area contributed by atoms with Gasteiger partial charge in [0.05, 0.1) is 5.56 Å². The van der Waals surface area contributed by atoms with Crippen LogP contribution in [0.25, 0.3) is 0 Å². The third kappa shape index (κ3) is 3.20. The van der Waals surface area contributed by atoms with Crippen molar-refractivity contribution >= 4 is 34.7 Å². The first kappa shape index (κ1) is 15.4. The molecule has 0 amide bonds. The Morgan fingerprint density at radius 1 is 1.45 bits per heavy atom. The Morgan fingerprint density at radius 2 is 2.15 bits per heavy atom. The highest BCUT2D eigenvalue weighted by Crippen LogP contribution is 2.35. The molecule has 1 unspecified atom stereocenters. The van der Waals surface area contributed by atoms with Gasteiger partial charge in [-0.15, -0.1) is 0 Å². The van der Waals surface area contributed by atoms with Crippen molar-refractivity contribution in [3.8, 4) is 0 Å². The van der Waals surface area contributed by atoms with Gasteiger partial charge in [0.1, 0.15) is 4.99 Å². The van der Waals surface area contributed by atoms with Gasteiger partial charge in [-0.2, -0.15) is 24.9 Å². The topological polar surface area (TPSA) is 29.3 Å². The van der Waals surface area contributed by atoms with Crippen molar-refractivity contribution in [1.82, 2.24) is 0 Å². The second-order valence-electron chi connectivity index (χ2n) is 4.71. The molecule has 0 aliphatic carbocycles. The molecule has 7 heteroatoms. The number of halogens is 3. The van der Waals surface area contributed by atoms with E-state index >= 15 is 0 Å². The number of nitrogens with two attached hydrogens (primary N) is 1. The van der Waals surface area contributed by atoms with Crippen LogP contribution < -0.4 is 10.6 Å². The first-order valence-electron chi connectivity index (χ1n) is 6.16. The fourth-order valence-corrected chi connectivity index (χ4v) is 3.46. The van der Waals surface area contributed by atoms with E-state index in [9.17, 15) is 13.2 Å². The summed E-state index contributed by atoms with van der Waals surface area (Å²) in [5.41, 5.74) is 5.33. The second-order valence-corrected chi connectivity index (χ2v) is 6.30. The fourth-order valence-electron chi connectivity index (χ4n) is 2.27. The lowest BCUT2D eigenvalue weighted by Crippen LogP contribution is -2.40. The Hall–Kier alpha value is -0.950. The third-order valence-corrected chi connectivity index (χ3v) is 4.68. The number of benzene rings is 1. The molecule has 0 spiro atoms. The summed E-state index contributed by atoms with van der Waals surface area (Å²) in [6.45, 7) is 2.87. The van der Waals surface area contributed by atoms with Gasteiger partial charge in [-0.3, -0.25) is 0 Å². The minimum atomic E-state index is -4.44. The van der Waals surface area contributed by atoms with Crippen LogP contribution in [0.3, 0.4) is 0 Å². The molecule has 1 aromatic carbocycles. The van der Waals surface area contributed by atoms with Crippen LogP contribution >= 0.6 is 24.0 Å². The van der Waals surface area contributed by atoms with Crippen LogP contribution in [-0.4, -0.2) is 29.1 Å². The number of rotatable bonds is 2. The van der Waals surface area contributed by atoms with E-state index in [-0.39, 0.29) is 16.6 Å². The number of hydrogen-bond donors (Lipinski definition) is 1. The Balaban J connectivity index is 2.42. The maximum absolute atomic E-state index is 12.9. The standard InChI is InChI=1S/C13H15F3N2S2/c1-8-7-20-5-4-18(8)9-2-3-11(13(14,15)16)10(6-9)12(17)19/h2-3,6,8H,4-5,7H2,1H3,(H2,17,19). The van der Waals surface area contributed by atoms with Crippen LogP contribution in [0.5, 0.6) is 0 Å². The largest absolute Gasteiger partial charge is 0.417 e. The predicted octanol–water partition coefficient (Wildman–Crippen LogP) is 3.28. The van der Waals surface area contributed by atoms with Gasteiger partial charge in [0, 0.05) is 35.3 Å². The highest BCUT2D eigenvalue weighted by Gasteiger charge is 2.34. The van der Waals surface area contributed by atoms with Gasteiger partial charge >= 0.3 is 6.18 Å². The van der Waals surface area contributed by atoms with E-state index < -0.39 is 11.7 Å². The Bertz CT molecular complexity index is 517. The van der Waals surface area contributed by atoms with Crippen molar-refractivity contribution in [1.29, 1.82) is 0 Å². The van der Waals surface area contributed by atoms with Crippen molar-refractivity contribution < 1.29 is 13.2 Å². The van der Waals surface area contributed by atoms with E-state index in [1.807, 2.05) is 11.8 Å². The molecule has 0 saturated carbocycles. The molecule has 20 heavy (non-hydrogen) atoms. The van der Waals surface area contributed by atoms with Crippen LogP contribution in [0, 0.1) is 0 Å². The molecule has 1 fully saturated rings. The normalized spacial score (nSPS) is 20.0. The molecule has 1 heterocycles. The Labute approximate surface area is 125 Å². The summed E-state index contributed by atoms with van der Waals surface area (Å²) in [5, 5.41) is 0. The van der Waals surface area contributed by atoms with Crippen molar-refractivity contribution in [3.63, 3.8) is 0 Å². The maximum Gasteiger partial charge on any atom is 0.417 e. The smallest absolute Gasteiger partial charge is 0.389 e. The summed E-state index contributed by atoms with van der Waals surface area (Å²) in [7, 11) is 0. The van der Waals surface area contributed by atoms with Gasteiger partial charge in [0.2, 0.25) is 0 Å². The molecule has 2 N–H and O–H groups in total. The summed E-state index contributed by atoms with van der Waals surface area (Å²) in [6.07, 6.45) is -4.44. The number of thioether (sulfide) groups is 1. The molecule has 1 saturated heterocycles. The summed E-state index contributed by atoms with van der Waals surface area (Å²) < 4.78 is 38.8. The minimum Gasteiger partial charge on any atom is -0.389 e. The quantitative estimate of drug-likeness (QED) is 0.847. The SMILES string of the molecule is CC1CSCCN1c1ccc(C(F)(F)F)c(C(N)=S)c1. The summed E-state index contributed by atoms with van der Waals surface area (Å²) in [5.74, 6) is 1.93. The zero-order valence-corrected chi connectivity index (χ0v) is 12.5. The minimum absolute atomic E-state index is 0.101. The van der Waals surface area contributed by atoms with Crippen molar-refractivity contribution in [2.45, 2.75) is 19.1 Å². The molecule has 2 rings (SSSR count). The summed E-state index contributed by atoms with van der Waals surface area (Å²) in [4.78, 5) is 1.87. The van der Waals surface area contributed by atoms with Gasteiger partial charge < -0.3 is 10.6 Å². The maximum atomic E-state index is 12.9. The highest BCUT2D eigenvalue weighted by molar-refractivity contribution is 7.99. The summed E-state index contributed by atoms with van der Waals surface area (Å²) in [6, 6.07) is 4.30. The van der Waals surface area contributed by atoms with E-state index in [1.165, 1.54) is 12.1 Å². The summed E-state index contributed by atoms with van der Waals surface area (Å²) >= 11 is 6.61. The van der Waals surface area contributed by atoms with Crippen LogP contribution in [0.4, 0.5) is 18.9 Å². The second kappa shape index (κ2) is 5.81. The molecular formula is C13H15F3N2S2. The molecular weight excluding hydrogens is 305 g/mol. The number of nitrogens with zero attached hydrogens (tertiary/aromatic N) is 1. The van der Waals surface area contributed by atoms with E-state index in [0.717, 1.165) is 29.8 Å². The van der Waals surface area contributed by atoms with Crippen LogP contribution in [-0.2, 0) is 6.18 Å². The fraction of sp³-hybridized carbons (Fsp3) is 0.462. The first-order valence-corrected chi connectivity index (χ1v) is 7.72. The zero-order chi connectivity index (χ0) is 14.9. The van der Waals surface area contributed by atoms with Gasteiger partial charge in [-0.05, 0) is 25.1 Å². The van der Waals surface area contributed by atoms with E-state index in [1.54, 1.807) is 0 Å². The third-order valence-electron chi connectivity index (χ3n) is 3.27. The van der Waals surface area contributed by atoms with Crippen LogP contribution in [0.15, 0.2) is 18.2 Å². The van der Waals surface area contributed by atoms with Gasteiger partial charge in [-0.25, -0.2) is 0 Å². The van der Waals surface area contributed by atoms with Crippen LogP contribution in [0.1, 0.15) is 18.1 Å². The first-order chi connectivity index (χ1) is 9.30. The average molecular weight is 320 g/mol. The molecule has 110 valence electrons. The van der Waals surface area contributed by atoms with Crippen LogP contribution in [0.2, 0.25) is 0 Å². The monoisotopic (exact) mass is 320 g/mol. The van der Waals surface area contributed by atoms with Gasteiger partial charge in [0.25, 0.3) is 0 Å². The van der Waals surface area contributed by atoms with E-state index in [4.69, 9.17) is 18.0 Å². The average Bonchev–Trinajstić information content (AvgIpc) is 2.37. The van der Waals surface area contributed by atoms with E-state index in [0.29, 0.717) is 0 Å². The Morgan fingerprint density at radius 3 is 2.70 bits per heavy atom. The number of thiocarbonyl (C=S) groups is 1. The van der Waals surface area contributed by atoms with Gasteiger partial charge in [0.15, 0.2) is 0 Å². The van der Waals surface area contributed by atoms with Crippen molar-refractivity contribution in [3.05, 3.63) is 29.3 Å².